The summed E-state index contributed by atoms with van der Waals surface area (Å²) in [5.41, 5.74) is 7.24. The van der Waals surface area contributed by atoms with Crippen LogP contribution in [0.2, 0.25) is 5.02 Å². The van der Waals surface area contributed by atoms with Crippen molar-refractivity contribution in [2.24, 2.45) is 5.73 Å². The van der Waals surface area contributed by atoms with E-state index in [-0.39, 0.29) is 6.10 Å². The minimum atomic E-state index is 0.255. The number of benzene rings is 1. The van der Waals surface area contributed by atoms with Crippen molar-refractivity contribution in [1.29, 1.82) is 0 Å². The van der Waals surface area contributed by atoms with E-state index in [1.54, 1.807) is 0 Å². The van der Waals surface area contributed by atoms with Gasteiger partial charge in [-0.05, 0) is 43.5 Å². The van der Waals surface area contributed by atoms with E-state index in [1.807, 2.05) is 18.2 Å². The summed E-state index contributed by atoms with van der Waals surface area (Å²) in [6.45, 7) is 4.33. The van der Waals surface area contributed by atoms with Crippen molar-refractivity contribution in [2.75, 3.05) is 13.1 Å². The first-order valence-corrected chi connectivity index (χ1v) is 7.44. The average molecular weight is 281 g/mol. The monoisotopic (exact) mass is 280 g/mol. The summed E-state index contributed by atoms with van der Waals surface area (Å²) in [5.74, 6) is 0.996. The summed E-state index contributed by atoms with van der Waals surface area (Å²) in [5, 5.41) is 0.792. The van der Waals surface area contributed by atoms with Crippen LogP contribution >= 0.6 is 11.6 Å². The van der Waals surface area contributed by atoms with Gasteiger partial charge in [-0.3, -0.25) is 4.90 Å². The number of rotatable bonds is 2. The van der Waals surface area contributed by atoms with Gasteiger partial charge in [0.25, 0.3) is 0 Å². The number of fused-ring (bicyclic) bond motifs is 1. The lowest BCUT2D eigenvalue weighted by molar-refractivity contribution is 0.0912. The molecule has 2 aliphatic heterocycles. The Morgan fingerprint density at radius 2 is 2.32 bits per heavy atom. The van der Waals surface area contributed by atoms with Crippen molar-refractivity contribution < 1.29 is 4.74 Å². The number of likely N-dealkylation sites (tertiary alicyclic amines) is 1. The van der Waals surface area contributed by atoms with Crippen LogP contribution in [0.1, 0.15) is 25.3 Å². The smallest absolute Gasteiger partial charge is 0.123 e. The van der Waals surface area contributed by atoms with E-state index in [0.29, 0.717) is 12.1 Å². The molecular formula is C15H21ClN2O. The van der Waals surface area contributed by atoms with Gasteiger partial charge in [0, 0.05) is 36.6 Å². The first-order valence-electron chi connectivity index (χ1n) is 7.06. The molecule has 0 saturated carbocycles. The number of ether oxygens (including phenoxy) is 1. The number of nitrogens with two attached hydrogens (primary N) is 1. The van der Waals surface area contributed by atoms with Gasteiger partial charge in [0.1, 0.15) is 11.9 Å². The molecule has 3 atom stereocenters. The number of nitrogens with zero attached hydrogens (tertiary/aromatic N) is 1. The van der Waals surface area contributed by atoms with Gasteiger partial charge in [-0.25, -0.2) is 0 Å². The molecule has 2 heterocycles. The number of hydrogen-bond donors (Lipinski definition) is 1. The zero-order valence-corrected chi connectivity index (χ0v) is 12.1. The minimum absolute atomic E-state index is 0.255. The molecule has 0 aromatic heterocycles. The van der Waals surface area contributed by atoms with Crippen molar-refractivity contribution in [1.82, 2.24) is 4.90 Å². The predicted molar refractivity (Wildman–Crippen MR) is 77.8 cm³/mol. The fraction of sp³-hybridized carbons (Fsp3) is 0.600. The summed E-state index contributed by atoms with van der Waals surface area (Å²) < 4.78 is 6.01. The van der Waals surface area contributed by atoms with Gasteiger partial charge < -0.3 is 10.5 Å². The van der Waals surface area contributed by atoms with E-state index in [9.17, 15) is 0 Å². The topological polar surface area (TPSA) is 38.5 Å². The van der Waals surface area contributed by atoms with E-state index in [0.717, 1.165) is 43.1 Å². The lowest BCUT2D eigenvalue weighted by Gasteiger charge is -2.37. The highest BCUT2D eigenvalue weighted by atomic mass is 35.5. The Labute approximate surface area is 119 Å². The molecule has 3 unspecified atom stereocenters. The average Bonchev–Trinajstić information content (AvgIpc) is 2.74. The summed E-state index contributed by atoms with van der Waals surface area (Å²) in [6.07, 6.45) is 3.40. The maximum Gasteiger partial charge on any atom is 0.123 e. The number of halogens is 1. The van der Waals surface area contributed by atoms with E-state index in [2.05, 4.69) is 11.8 Å². The Bertz CT molecular complexity index is 465. The van der Waals surface area contributed by atoms with Gasteiger partial charge in [0.05, 0.1) is 0 Å². The zero-order valence-electron chi connectivity index (χ0n) is 11.3. The predicted octanol–water partition coefficient (Wildman–Crippen LogP) is 2.46. The fourth-order valence-corrected chi connectivity index (χ4v) is 3.38. The molecule has 4 heteroatoms. The standard InChI is InChI=1S/C15H21ClN2O/c1-10-6-13(17)4-5-18(10)9-14-8-11-7-12(16)2-3-15(11)19-14/h2-3,7,10,13-14H,4-6,8-9,17H2,1H3. The van der Waals surface area contributed by atoms with Crippen LogP contribution in [0.25, 0.3) is 0 Å². The second kappa shape index (κ2) is 5.31. The number of hydrogen-bond acceptors (Lipinski definition) is 3. The van der Waals surface area contributed by atoms with Gasteiger partial charge >= 0.3 is 0 Å². The van der Waals surface area contributed by atoms with Crippen molar-refractivity contribution in [2.45, 2.75) is 44.4 Å². The number of piperidine rings is 1. The summed E-state index contributed by atoms with van der Waals surface area (Å²) >= 11 is 6.02. The van der Waals surface area contributed by atoms with Crippen LogP contribution < -0.4 is 10.5 Å². The Morgan fingerprint density at radius 3 is 3.11 bits per heavy atom. The lowest BCUT2D eigenvalue weighted by Crippen LogP contribution is -2.48. The first kappa shape index (κ1) is 13.2. The highest BCUT2D eigenvalue weighted by Gasteiger charge is 2.29. The third-order valence-electron chi connectivity index (χ3n) is 4.26. The molecule has 0 aliphatic carbocycles. The Balaban J connectivity index is 1.61. The van der Waals surface area contributed by atoms with Gasteiger partial charge in [-0.15, -0.1) is 0 Å². The van der Waals surface area contributed by atoms with Crippen molar-refractivity contribution >= 4 is 11.6 Å². The van der Waals surface area contributed by atoms with E-state index in [4.69, 9.17) is 22.1 Å². The lowest BCUT2D eigenvalue weighted by atomic mass is 9.98. The van der Waals surface area contributed by atoms with Crippen LogP contribution in [0.4, 0.5) is 0 Å². The minimum Gasteiger partial charge on any atom is -0.488 e. The first-order chi connectivity index (χ1) is 9.11. The van der Waals surface area contributed by atoms with Crippen LogP contribution in [0.3, 0.4) is 0 Å². The molecule has 2 N–H and O–H groups in total. The van der Waals surface area contributed by atoms with Crippen molar-refractivity contribution in [3.63, 3.8) is 0 Å². The van der Waals surface area contributed by atoms with Gasteiger partial charge in [-0.2, -0.15) is 0 Å². The molecule has 0 radical (unpaired) electrons. The quantitative estimate of drug-likeness (QED) is 0.904. The largest absolute Gasteiger partial charge is 0.488 e. The molecule has 2 aliphatic rings. The maximum absolute atomic E-state index is 6.02. The van der Waals surface area contributed by atoms with Gasteiger partial charge in [-0.1, -0.05) is 11.6 Å². The SMILES string of the molecule is CC1CC(N)CCN1CC1Cc2cc(Cl)ccc2O1. The Morgan fingerprint density at radius 1 is 1.47 bits per heavy atom. The third-order valence-corrected chi connectivity index (χ3v) is 4.49. The molecule has 104 valence electrons. The summed E-state index contributed by atoms with van der Waals surface area (Å²) in [7, 11) is 0. The highest BCUT2D eigenvalue weighted by Crippen LogP contribution is 2.32. The molecule has 1 aromatic rings. The van der Waals surface area contributed by atoms with Crippen LogP contribution in [0.15, 0.2) is 18.2 Å². The molecule has 3 nitrogen and oxygen atoms in total. The molecule has 3 rings (SSSR count). The molecular weight excluding hydrogens is 260 g/mol. The van der Waals surface area contributed by atoms with Crippen LogP contribution in [-0.4, -0.2) is 36.2 Å². The van der Waals surface area contributed by atoms with Gasteiger partial charge in [0.2, 0.25) is 0 Å². The molecule has 0 bridgehead atoms. The van der Waals surface area contributed by atoms with E-state index >= 15 is 0 Å². The van der Waals surface area contributed by atoms with Crippen molar-refractivity contribution in [3.8, 4) is 5.75 Å². The second-order valence-electron chi connectivity index (χ2n) is 5.82. The Kier molecular flexibility index (Phi) is 3.70. The van der Waals surface area contributed by atoms with Gasteiger partial charge in [0.15, 0.2) is 0 Å². The molecule has 1 saturated heterocycles. The van der Waals surface area contributed by atoms with E-state index in [1.165, 1.54) is 5.56 Å². The normalized spacial score (nSPS) is 31.0. The second-order valence-corrected chi connectivity index (χ2v) is 6.26. The maximum atomic E-state index is 6.02. The molecule has 0 spiro atoms. The highest BCUT2D eigenvalue weighted by molar-refractivity contribution is 6.30. The molecule has 0 amide bonds. The summed E-state index contributed by atoms with van der Waals surface area (Å²) in [6, 6.07) is 6.82. The van der Waals surface area contributed by atoms with Crippen molar-refractivity contribution in [3.05, 3.63) is 28.8 Å². The molecule has 1 fully saturated rings. The summed E-state index contributed by atoms with van der Waals surface area (Å²) in [4.78, 5) is 2.50. The third kappa shape index (κ3) is 2.88. The molecule has 1 aromatic carbocycles. The fourth-order valence-electron chi connectivity index (χ4n) is 3.18. The zero-order chi connectivity index (χ0) is 13.4. The van der Waals surface area contributed by atoms with Crippen LogP contribution in [-0.2, 0) is 6.42 Å². The van der Waals surface area contributed by atoms with Crippen LogP contribution in [0.5, 0.6) is 5.75 Å². The molecule has 19 heavy (non-hydrogen) atoms. The van der Waals surface area contributed by atoms with Crippen LogP contribution in [0, 0.1) is 0 Å². The Hall–Kier alpha value is -0.770. The van der Waals surface area contributed by atoms with E-state index < -0.39 is 0 Å².